The first-order valence-corrected chi connectivity index (χ1v) is 7.02. The normalized spacial score (nSPS) is 14.4. The van der Waals surface area contributed by atoms with Crippen molar-refractivity contribution in [3.63, 3.8) is 0 Å². The lowest BCUT2D eigenvalue weighted by molar-refractivity contribution is 0.0172. The Hall–Kier alpha value is -0.750. The monoisotopic (exact) mass is 285 g/mol. The Morgan fingerprint density at radius 2 is 1.84 bits per heavy atom. The molecule has 0 bridgehead atoms. The first kappa shape index (κ1) is 16.3. The molecule has 2 atom stereocenters. The molecule has 0 heterocycles. The van der Waals surface area contributed by atoms with E-state index in [9.17, 15) is 10.2 Å². The number of benzene rings is 1. The van der Waals surface area contributed by atoms with Gasteiger partial charge in [-0.3, -0.25) is 0 Å². The molecule has 0 aliphatic rings. The number of aliphatic hydroxyl groups is 2. The van der Waals surface area contributed by atoms with E-state index in [2.05, 4.69) is 12.6 Å². The third kappa shape index (κ3) is 5.82. The standard InChI is InChI=1S/C14H23NO3S/c1-15(2)8-9-18-12-5-3-11(4-6-12)14(17)13(16)7-10-19/h3-6,13-14,16-17,19H,7-10H2,1-2H3. The van der Waals surface area contributed by atoms with Gasteiger partial charge in [0.1, 0.15) is 18.5 Å². The van der Waals surface area contributed by atoms with Gasteiger partial charge in [-0.2, -0.15) is 12.6 Å². The van der Waals surface area contributed by atoms with Crippen molar-refractivity contribution in [3.05, 3.63) is 29.8 Å². The van der Waals surface area contributed by atoms with Crippen LogP contribution >= 0.6 is 12.6 Å². The molecule has 5 heteroatoms. The van der Waals surface area contributed by atoms with Crippen molar-refractivity contribution in [1.29, 1.82) is 0 Å². The second-order valence-electron chi connectivity index (χ2n) is 4.75. The summed E-state index contributed by atoms with van der Waals surface area (Å²) in [6.45, 7) is 1.47. The van der Waals surface area contributed by atoms with Crippen molar-refractivity contribution in [2.24, 2.45) is 0 Å². The average molecular weight is 285 g/mol. The molecule has 0 amide bonds. The van der Waals surface area contributed by atoms with Crippen LogP contribution in [0.3, 0.4) is 0 Å². The molecule has 0 saturated heterocycles. The summed E-state index contributed by atoms with van der Waals surface area (Å²) < 4.78 is 5.56. The molecule has 1 aromatic rings. The van der Waals surface area contributed by atoms with E-state index in [0.29, 0.717) is 24.3 Å². The zero-order chi connectivity index (χ0) is 14.3. The highest BCUT2D eigenvalue weighted by Gasteiger charge is 2.17. The highest BCUT2D eigenvalue weighted by Crippen LogP contribution is 2.22. The zero-order valence-electron chi connectivity index (χ0n) is 11.5. The number of hydrogen-bond donors (Lipinski definition) is 3. The average Bonchev–Trinajstić information content (AvgIpc) is 2.38. The van der Waals surface area contributed by atoms with Crippen LogP contribution in [-0.4, -0.2) is 54.2 Å². The predicted octanol–water partition coefficient (Wildman–Crippen LogP) is 1.34. The first-order valence-electron chi connectivity index (χ1n) is 6.39. The molecule has 2 unspecified atom stereocenters. The molecule has 4 nitrogen and oxygen atoms in total. The van der Waals surface area contributed by atoms with Gasteiger partial charge in [0.2, 0.25) is 0 Å². The quantitative estimate of drug-likeness (QED) is 0.631. The van der Waals surface area contributed by atoms with E-state index < -0.39 is 12.2 Å². The number of ether oxygens (including phenoxy) is 1. The van der Waals surface area contributed by atoms with Gasteiger partial charge in [0, 0.05) is 6.54 Å². The molecular formula is C14H23NO3S. The smallest absolute Gasteiger partial charge is 0.119 e. The van der Waals surface area contributed by atoms with Crippen LogP contribution in [-0.2, 0) is 0 Å². The van der Waals surface area contributed by atoms with Crippen molar-refractivity contribution in [2.45, 2.75) is 18.6 Å². The summed E-state index contributed by atoms with van der Waals surface area (Å²) in [4.78, 5) is 2.05. The SMILES string of the molecule is CN(C)CCOc1ccc(C(O)C(O)CCS)cc1. The van der Waals surface area contributed by atoms with Crippen LogP contribution in [0.5, 0.6) is 5.75 Å². The third-order valence-corrected chi connectivity index (χ3v) is 3.08. The molecule has 0 aliphatic carbocycles. The largest absolute Gasteiger partial charge is 0.492 e. The fraction of sp³-hybridized carbons (Fsp3) is 0.571. The van der Waals surface area contributed by atoms with E-state index >= 15 is 0 Å². The highest BCUT2D eigenvalue weighted by atomic mass is 32.1. The summed E-state index contributed by atoms with van der Waals surface area (Å²) in [5.41, 5.74) is 0.689. The van der Waals surface area contributed by atoms with Gasteiger partial charge in [-0.05, 0) is 44.0 Å². The molecule has 2 N–H and O–H groups in total. The van der Waals surface area contributed by atoms with Gasteiger partial charge in [-0.15, -0.1) is 0 Å². The fourth-order valence-corrected chi connectivity index (χ4v) is 1.88. The van der Waals surface area contributed by atoms with Crippen molar-refractivity contribution < 1.29 is 14.9 Å². The predicted molar refractivity (Wildman–Crippen MR) is 79.9 cm³/mol. The molecule has 108 valence electrons. The van der Waals surface area contributed by atoms with Gasteiger partial charge >= 0.3 is 0 Å². The Bertz CT molecular complexity index is 356. The van der Waals surface area contributed by atoms with Gasteiger partial charge < -0.3 is 19.8 Å². The number of thiol groups is 1. The topological polar surface area (TPSA) is 52.9 Å². The van der Waals surface area contributed by atoms with Crippen molar-refractivity contribution in [1.82, 2.24) is 4.90 Å². The number of likely N-dealkylation sites (N-methyl/N-ethyl adjacent to an activating group) is 1. The van der Waals surface area contributed by atoms with Gasteiger partial charge in [-0.25, -0.2) is 0 Å². The summed E-state index contributed by atoms with van der Waals surface area (Å²) >= 11 is 4.04. The van der Waals surface area contributed by atoms with E-state index in [1.807, 2.05) is 31.1 Å². The molecule has 1 rings (SSSR count). The van der Waals surface area contributed by atoms with Gasteiger partial charge in [0.05, 0.1) is 6.10 Å². The number of nitrogens with zero attached hydrogens (tertiary/aromatic N) is 1. The maximum Gasteiger partial charge on any atom is 0.119 e. The Labute approximate surface area is 120 Å². The minimum Gasteiger partial charge on any atom is -0.492 e. The summed E-state index contributed by atoms with van der Waals surface area (Å²) in [6, 6.07) is 7.16. The number of rotatable bonds is 8. The molecule has 19 heavy (non-hydrogen) atoms. The molecule has 0 fully saturated rings. The lowest BCUT2D eigenvalue weighted by Crippen LogP contribution is -2.19. The maximum atomic E-state index is 9.93. The second kappa shape index (κ2) is 8.43. The lowest BCUT2D eigenvalue weighted by Gasteiger charge is -2.17. The first-order chi connectivity index (χ1) is 9.04. The maximum absolute atomic E-state index is 9.93. The van der Waals surface area contributed by atoms with E-state index in [4.69, 9.17) is 4.74 Å². The van der Waals surface area contributed by atoms with Crippen LogP contribution in [0.15, 0.2) is 24.3 Å². The second-order valence-corrected chi connectivity index (χ2v) is 5.19. The zero-order valence-corrected chi connectivity index (χ0v) is 12.4. The van der Waals surface area contributed by atoms with Crippen LogP contribution in [0.25, 0.3) is 0 Å². The molecule has 0 aliphatic heterocycles. The molecule has 0 aromatic heterocycles. The van der Waals surface area contributed by atoms with Crippen LogP contribution in [0.4, 0.5) is 0 Å². The Morgan fingerprint density at radius 1 is 1.21 bits per heavy atom. The van der Waals surface area contributed by atoms with Crippen molar-refractivity contribution in [2.75, 3.05) is 33.0 Å². The summed E-state index contributed by atoms with van der Waals surface area (Å²) in [5.74, 6) is 1.31. The Kier molecular flexibility index (Phi) is 7.23. The number of aliphatic hydroxyl groups excluding tert-OH is 2. The minimum atomic E-state index is -0.872. The van der Waals surface area contributed by atoms with Crippen LogP contribution < -0.4 is 4.74 Å². The van der Waals surface area contributed by atoms with Gasteiger partial charge in [-0.1, -0.05) is 12.1 Å². The van der Waals surface area contributed by atoms with E-state index in [-0.39, 0.29) is 0 Å². The van der Waals surface area contributed by atoms with E-state index in [1.165, 1.54) is 0 Å². The number of hydrogen-bond acceptors (Lipinski definition) is 5. The minimum absolute atomic E-state index is 0.464. The molecular weight excluding hydrogens is 262 g/mol. The molecule has 0 radical (unpaired) electrons. The highest BCUT2D eigenvalue weighted by molar-refractivity contribution is 7.80. The van der Waals surface area contributed by atoms with Crippen LogP contribution in [0.1, 0.15) is 18.1 Å². The van der Waals surface area contributed by atoms with E-state index in [0.717, 1.165) is 12.3 Å². The van der Waals surface area contributed by atoms with Crippen LogP contribution in [0, 0.1) is 0 Å². The Morgan fingerprint density at radius 3 is 2.37 bits per heavy atom. The summed E-state index contributed by atoms with van der Waals surface area (Å²) in [7, 11) is 3.98. The van der Waals surface area contributed by atoms with Gasteiger partial charge in [0.15, 0.2) is 0 Å². The molecule has 0 spiro atoms. The third-order valence-electron chi connectivity index (χ3n) is 2.82. The summed E-state index contributed by atoms with van der Waals surface area (Å²) in [6.07, 6.45) is -1.19. The van der Waals surface area contributed by atoms with Gasteiger partial charge in [0.25, 0.3) is 0 Å². The van der Waals surface area contributed by atoms with Crippen molar-refractivity contribution in [3.8, 4) is 5.75 Å². The lowest BCUT2D eigenvalue weighted by atomic mass is 10.0. The fourth-order valence-electron chi connectivity index (χ4n) is 1.62. The van der Waals surface area contributed by atoms with Crippen molar-refractivity contribution >= 4 is 12.6 Å². The van der Waals surface area contributed by atoms with E-state index in [1.54, 1.807) is 12.1 Å². The van der Waals surface area contributed by atoms with Crippen LogP contribution in [0.2, 0.25) is 0 Å². The Balaban J connectivity index is 2.51. The summed E-state index contributed by atoms with van der Waals surface area (Å²) in [5, 5.41) is 19.6. The molecule has 0 saturated carbocycles. The molecule has 1 aromatic carbocycles.